The first-order valence-corrected chi connectivity index (χ1v) is 10.1. The van der Waals surface area contributed by atoms with E-state index in [0.29, 0.717) is 37.1 Å². The number of nitrogens with zero attached hydrogens (tertiary/aromatic N) is 1. The van der Waals surface area contributed by atoms with Crippen LogP contribution >= 0.6 is 0 Å². The van der Waals surface area contributed by atoms with Gasteiger partial charge in [-0.2, -0.15) is 0 Å². The summed E-state index contributed by atoms with van der Waals surface area (Å²) < 4.78 is 5.34. The fraction of sp³-hybridized carbons (Fsp3) is 0.545. The fourth-order valence-corrected chi connectivity index (χ4v) is 4.86. The Bertz CT molecular complexity index is 965. The van der Waals surface area contributed by atoms with Gasteiger partial charge in [0.05, 0.1) is 5.60 Å². The largest absolute Gasteiger partial charge is 0.508 e. The van der Waals surface area contributed by atoms with Crippen molar-refractivity contribution >= 4 is 16.9 Å². The standard InChI is InChI=1S/C22H27NO5/c1-14-17-6-5-16(24)12-19(17)28-21(26)18(14)7-8-20(25)23-11-10-22(27)9-3-2-4-15(22)13-23/h5-6,12,15,24,27H,2-4,7-11,13H2,1H3/t15-,22+/m1/s1. The molecule has 0 unspecified atom stereocenters. The van der Waals surface area contributed by atoms with Gasteiger partial charge in [-0.15, -0.1) is 0 Å². The number of hydrogen-bond donors (Lipinski definition) is 2. The highest BCUT2D eigenvalue weighted by molar-refractivity contribution is 5.82. The molecular weight excluding hydrogens is 358 g/mol. The average Bonchev–Trinajstić information content (AvgIpc) is 2.66. The van der Waals surface area contributed by atoms with Gasteiger partial charge in [-0.05, 0) is 50.3 Å². The van der Waals surface area contributed by atoms with Crippen LogP contribution in [0.15, 0.2) is 27.4 Å². The highest BCUT2D eigenvalue weighted by atomic mass is 16.4. The molecule has 2 atom stereocenters. The van der Waals surface area contributed by atoms with Crippen molar-refractivity contribution in [3.63, 3.8) is 0 Å². The van der Waals surface area contributed by atoms with Gasteiger partial charge in [0, 0.05) is 42.4 Å². The number of likely N-dealkylation sites (tertiary alicyclic amines) is 1. The molecule has 1 amide bonds. The van der Waals surface area contributed by atoms with E-state index in [1.165, 1.54) is 6.07 Å². The van der Waals surface area contributed by atoms with E-state index in [0.717, 1.165) is 36.6 Å². The van der Waals surface area contributed by atoms with Gasteiger partial charge in [-0.3, -0.25) is 4.79 Å². The molecule has 1 aromatic carbocycles. The van der Waals surface area contributed by atoms with Crippen LogP contribution in [-0.4, -0.2) is 39.7 Å². The van der Waals surface area contributed by atoms with Crippen LogP contribution < -0.4 is 5.63 Å². The Morgan fingerprint density at radius 1 is 1.32 bits per heavy atom. The van der Waals surface area contributed by atoms with Crippen LogP contribution in [0.1, 0.15) is 49.7 Å². The summed E-state index contributed by atoms with van der Waals surface area (Å²) >= 11 is 0. The minimum atomic E-state index is -0.601. The van der Waals surface area contributed by atoms with Crippen LogP contribution in [0.4, 0.5) is 0 Å². The molecule has 1 aromatic heterocycles. The minimum absolute atomic E-state index is 0.0252. The van der Waals surface area contributed by atoms with E-state index in [9.17, 15) is 19.8 Å². The normalized spacial score (nSPS) is 24.9. The first-order valence-electron chi connectivity index (χ1n) is 10.1. The molecule has 0 spiro atoms. The number of carbonyl (C=O) groups excluding carboxylic acids is 1. The van der Waals surface area contributed by atoms with Gasteiger partial charge < -0.3 is 19.5 Å². The molecular formula is C22H27NO5. The van der Waals surface area contributed by atoms with Crippen molar-refractivity contribution in [2.24, 2.45) is 5.92 Å². The van der Waals surface area contributed by atoms with Crippen LogP contribution in [-0.2, 0) is 11.2 Å². The Balaban J connectivity index is 1.47. The SMILES string of the molecule is Cc1c(CCC(=O)N2CC[C@@]3(O)CCCC[C@@H]3C2)c(=O)oc2cc(O)ccc12. The van der Waals surface area contributed by atoms with Crippen molar-refractivity contribution < 1.29 is 19.4 Å². The average molecular weight is 385 g/mol. The number of amides is 1. The zero-order chi connectivity index (χ0) is 19.9. The molecule has 1 saturated carbocycles. The van der Waals surface area contributed by atoms with E-state index < -0.39 is 11.2 Å². The Kier molecular flexibility index (Phi) is 4.91. The van der Waals surface area contributed by atoms with Crippen molar-refractivity contribution in [2.45, 2.75) is 57.5 Å². The number of fused-ring (bicyclic) bond motifs is 2. The van der Waals surface area contributed by atoms with Gasteiger partial charge in [0.1, 0.15) is 11.3 Å². The molecule has 6 nitrogen and oxygen atoms in total. The summed E-state index contributed by atoms with van der Waals surface area (Å²) in [6.07, 6.45) is 5.21. The monoisotopic (exact) mass is 385 g/mol. The molecule has 150 valence electrons. The lowest BCUT2D eigenvalue weighted by molar-refractivity contribution is -0.143. The number of hydrogen-bond acceptors (Lipinski definition) is 5. The lowest BCUT2D eigenvalue weighted by Gasteiger charge is -2.47. The zero-order valence-corrected chi connectivity index (χ0v) is 16.2. The second kappa shape index (κ2) is 7.24. The quantitative estimate of drug-likeness (QED) is 0.793. The number of carbonyl (C=O) groups is 1. The van der Waals surface area contributed by atoms with Gasteiger partial charge in [0.15, 0.2) is 0 Å². The van der Waals surface area contributed by atoms with Gasteiger partial charge in [0.2, 0.25) is 5.91 Å². The summed E-state index contributed by atoms with van der Waals surface area (Å²) in [6, 6.07) is 4.71. The van der Waals surface area contributed by atoms with Crippen LogP contribution in [0.25, 0.3) is 11.0 Å². The van der Waals surface area contributed by atoms with Crippen molar-refractivity contribution in [1.82, 2.24) is 4.90 Å². The summed E-state index contributed by atoms with van der Waals surface area (Å²) in [5.41, 5.74) is 0.599. The molecule has 6 heteroatoms. The molecule has 1 aliphatic heterocycles. The summed E-state index contributed by atoms with van der Waals surface area (Å²) in [5, 5.41) is 21.1. The molecule has 2 fully saturated rings. The van der Waals surface area contributed by atoms with E-state index in [-0.39, 0.29) is 24.0 Å². The van der Waals surface area contributed by atoms with Crippen molar-refractivity contribution in [3.8, 4) is 5.75 Å². The number of benzene rings is 1. The molecule has 0 bridgehead atoms. The van der Waals surface area contributed by atoms with E-state index in [2.05, 4.69) is 0 Å². The summed E-state index contributed by atoms with van der Waals surface area (Å²) in [4.78, 5) is 27.0. The van der Waals surface area contributed by atoms with Crippen LogP contribution in [0.3, 0.4) is 0 Å². The molecule has 4 rings (SSSR count). The van der Waals surface area contributed by atoms with E-state index >= 15 is 0 Å². The Hall–Kier alpha value is -2.34. The van der Waals surface area contributed by atoms with Gasteiger partial charge in [-0.1, -0.05) is 12.8 Å². The number of phenolic OH excluding ortho intramolecular Hbond substituents is 1. The molecule has 2 aliphatic rings. The maximum absolute atomic E-state index is 12.8. The van der Waals surface area contributed by atoms with Crippen molar-refractivity contribution in [3.05, 3.63) is 39.7 Å². The van der Waals surface area contributed by atoms with Gasteiger partial charge >= 0.3 is 5.63 Å². The minimum Gasteiger partial charge on any atom is -0.508 e. The maximum atomic E-state index is 12.8. The maximum Gasteiger partial charge on any atom is 0.339 e. The van der Waals surface area contributed by atoms with E-state index in [1.54, 1.807) is 12.1 Å². The van der Waals surface area contributed by atoms with Crippen LogP contribution in [0.5, 0.6) is 5.75 Å². The Morgan fingerprint density at radius 3 is 2.96 bits per heavy atom. The molecule has 2 heterocycles. The summed E-state index contributed by atoms with van der Waals surface area (Å²) in [7, 11) is 0. The predicted octanol–water partition coefficient (Wildman–Crippen LogP) is 2.89. The molecule has 28 heavy (non-hydrogen) atoms. The number of phenols is 1. The Morgan fingerprint density at radius 2 is 2.14 bits per heavy atom. The highest BCUT2D eigenvalue weighted by Crippen LogP contribution is 2.39. The molecule has 1 saturated heterocycles. The highest BCUT2D eigenvalue weighted by Gasteiger charge is 2.43. The first-order chi connectivity index (χ1) is 13.4. The molecule has 0 radical (unpaired) electrons. The molecule has 2 N–H and O–H groups in total. The number of rotatable bonds is 3. The lowest BCUT2D eigenvalue weighted by atomic mass is 9.71. The van der Waals surface area contributed by atoms with Gasteiger partial charge in [0.25, 0.3) is 0 Å². The van der Waals surface area contributed by atoms with Crippen molar-refractivity contribution in [1.29, 1.82) is 0 Å². The summed E-state index contributed by atoms with van der Waals surface area (Å²) in [5.74, 6) is 0.238. The van der Waals surface area contributed by atoms with Crippen LogP contribution in [0.2, 0.25) is 0 Å². The molecule has 1 aliphatic carbocycles. The molecule has 2 aromatic rings. The lowest BCUT2D eigenvalue weighted by Crippen LogP contribution is -2.54. The Labute approximate surface area is 163 Å². The number of piperidine rings is 1. The first kappa shape index (κ1) is 19.0. The topological polar surface area (TPSA) is 91.0 Å². The smallest absolute Gasteiger partial charge is 0.339 e. The summed E-state index contributed by atoms with van der Waals surface area (Å²) in [6.45, 7) is 3.04. The van der Waals surface area contributed by atoms with E-state index in [1.807, 2.05) is 11.8 Å². The third-order valence-electron chi connectivity index (χ3n) is 6.64. The fourth-order valence-electron chi connectivity index (χ4n) is 4.86. The third kappa shape index (κ3) is 3.41. The third-order valence-corrected chi connectivity index (χ3v) is 6.64. The van der Waals surface area contributed by atoms with Gasteiger partial charge in [-0.25, -0.2) is 4.79 Å². The zero-order valence-electron chi connectivity index (χ0n) is 16.2. The predicted molar refractivity (Wildman–Crippen MR) is 105 cm³/mol. The number of aliphatic hydroxyl groups is 1. The van der Waals surface area contributed by atoms with Crippen molar-refractivity contribution in [2.75, 3.05) is 13.1 Å². The number of aromatic hydroxyl groups is 1. The number of aryl methyl sites for hydroxylation is 1. The second-order valence-corrected chi connectivity index (χ2v) is 8.31. The van der Waals surface area contributed by atoms with E-state index in [4.69, 9.17) is 4.42 Å². The second-order valence-electron chi connectivity index (χ2n) is 8.31. The van der Waals surface area contributed by atoms with Crippen LogP contribution in [0, 0.1) is 12.8 Å².